The number of hydrogen-bond donors (Lipinski definition) is 1. The maximum atomic E-state index is 12.8. The van der Waals surface area contributed by atoms with E-state index in [-0.39, 0.29) is 22.7 Å². The summed E-state index contributed by atoms with van der Waals surface area (Å²) in [4.78, 5) is 46.7. The maximum absolute atomic E-state index is 12.8. The van der Waals surface area contributed by atoms with Crippen LogP contribution in [0.5, 0.6) is 0 Å². The molecule has 0 saturated carbocycles. The first-order valence-electron chi connectivity index (χ1n) is 9.15. The average Bonchev–Trinajstić information content (AvgIpc) is 2.69. The largest absolute Gasteiger partial charge is 0.332 e. The van der Waals surface area contributed by atoms with Crippen LogP contribution in [0, 0.1) is 0 Å². The second-order valence-electron chi connectivity index (χ2n) is 7.85. The maximum Gasteiger partial charge on any atom is 0.332 e. The fourth-order valence-corrected chi connectivity index (χ4v) is 3.81. The summed E-state index contributed by atoms with van der Waals surface area (Å²) in [6.07, 6.45) is 0. The summed E-state index contributed by atoms with van der Waals surface area (Å²) in [6.45, 7) is 5.84. The third kappa shape index (κ3) is 4.49. The van der Waals surface area contributed by atoms with Gasteiger partial charge >= 0.3 is 5.69 Å². The number of nitrogens with zero attached hydrogens (tertiary/aromatic N) is 4. The topological polar surface area (TPSA) is 98.9 Å². The number of nitrogens with one attached hydrogen (secondary N) is 1. The SMILES string of the molecule is Cn1c(=O)c2c(SCC(=O)Nc3ccc(Br)cc3)nc(C(C)(C)C)nc2n(C)c1=O. The van der Waals surface area contributed by atoms with Crippen molar-refractivity contribution in [1.82, 2.24) is 19.1 Å². The molecule has 3 aromatic rings. The number of carbonyl (C=O) groups is 1. The number of thioether (sulfide) groups is 1. The van der Waals surface area contributed by atoms with E-state index in [1.807, 2.05) is 32.9 Å². The van der Waals surface area contributed by atoms with E-state index in [2.05, 4.69) is 31.2 Å². The van der Waals surface area contributed by atoms with Crippen LogP contribution >= 0.6 is 27.7 Å². The lowest BCUT2D eigenvalue weighted by atomic mass is 9.96. The van der Waals surface area contributed by atoms with Crippen molar-refractivity contribution in [3.63, 3.8) is 0 Å². The van der Waals surface area contributed by atoms with Crippen molar-refractivity contribution in [2.45, 2.75) is 31.2 Å². The fourth-order valence-electron chi connectivity index (χ4n) is 2.73. The van der Waals surface area contributed by atoms with Gasteiger partial charge in [-0.3, -0.25) is 18.7 Å². The Balaban J connectivity index is 2.01. The Hall–Kier alpha value is -2.46. The zero-order valence-corrected chi connectivity index (χ0v) is 19.7. The summed E-state index contributed by atoms with van der Waals surface area (Å²) >= 11 is 4.50. The smallest absolute Gasteiger partial charge is 0.325 e. The molecule has 8 nitrogen and oxygen atoms in total. The number of benzene rings is 1. The molecule has 0 fully saturated rings. The molecule has 0 aliphatic rings. The Morgan fingerprint density at radius 1 is 1.10 bits per heavy atom. The molecule has 1 N–H and O–H groups in total. The van der Waals surface area contributed by atoms with Gasteiger partial charge in [0, 0.05) is 29.7 Å². The minimum atomic E-state index is -0.482. The predicted octanol–water partition coefficient (Wildman–Crippen LogP) is 2.82. The van der Waals surface area contributed by atoms with Crippen LogP contribution in [0.3, 0.4) is 0 Å². The van der Waals surface area contributed by atoms with E-state index in [9.17, 15) is 14.4 Å². The van der Waals surface area contributed by atoms with Crippen molar-refractivity contribution in [2.75, 3.05) is 11.1 Å². The summed E-state index contributed by atoms with van der Waals surface area (Å²) < 4.78 is 3.27. The van der Waals surface area contributed by atoms with Crippen LogP contribution in [0.15, 0.2) is 43.4 Å². The molecule has 158 valence electrons. The summed E-state index contributed by atoms with van der Waals surface area (Å²) in [5.74, 6) is 0.319. The monoisotopic (exact) mass is 491 g/mol. The second-order valence-corrected chi connectivity index (χ2v) is 9.73. The zero-order valence-electron chi connectivity index (χ0n) is 17.3. The lowest BCUT2D eigenvalue weighted by molar-refractivity contribution is -0.113. The lowest BCUT2D eigenvalue weighted by Gasteiger charge is -2.19. The number of anilines is 1. The molecule has 0 saturated heterocycles. The number of halogens is 1. The molecule has 2 heterocycles. The predicted molar refractivity (Wildman–Crippen MR) is 122 cm³/mol. The number of amides is 1. The van der Waals surface area contributed by atoms with Crippen LogP contribution in [0.1, 0.15) is 26.6 Å². The molecule has 0 atom stereocenters. The van der Waals surface area contributed by atoms with Crippen molar-refractivity contribution < 1.29 is 4.79 Å². The van der Waals surface area contributed by atoms with Gasteiger partial charge in [0.1, 0.15) is 16.2 Å². The Morgan fingerprint density at radius 3 is 2.33 bits per heavy atom. The molecule has 0 aliphatic heterocycles. The van der Waals surface area contributed by atoms with Gasteiger partial charge in [0.2, 0.25) is 5.91 Å². The van der Waals surface area contributed by atoms with Gasteiger partial charge in [-0.25, -0.2) is 14.8 Å². The van der Waals surface area contributed by atoms with Crippen molar-refractivity contribution in [2.24, 2.45) is 14.1 Å². The van der Waals surface area contributed by atoms with Crippen molar-refractivity contribution >= 4 is 50.3 Å². The number of hydrogen-bond acceptors (Lipinski definition) is 6. The Morgan fingerprint density at radius 2 is 1.73 bits per heavy atom. The highest BCUT2D eigenvalue weighted by Gasteiger charge is 2.24. The van der Waals surface area contributed by atoms with Crippen molar-refractivity contribution in [3.8, 4) is 0 Å². The third-order valence-corrected chi connectivity index (χ3v) is 5.91. The van der Waals surface area contributed by atoms with E-state index in [0.717, 1.165) is 20.8 Å². The Kier molecular flexibility index (Phi) is 6.19. The van der Waals surface area contributed by atoms with Gasteiger partial charge in [0.15, 0.2) is 5.65 Å². The van der Waals surface area contributed by atoms with Crippen LogP contribution in [-0.4, -0.2) is 30.8 Å². The molecule has 0 aliphatic carbocycles. The lowest BCUT2D eigenvalue weighted by Crippen LogP contribution is -2.38. The first kappa shape index (κ1) is 22.2. The van der Waals surface area contributed by atoms with Crippen LogP contribution in [0.25, 0.3) is 11.0 Å². The highest BCUT2D eigenvalue weighted by Crippen LogP contribution is 2.27. The third-order valence-electron chi connectivity index (χ3n) is 4.41. The quantitative estimate of drug-likeness (QED) is 0.444. The molecule has 0 unspecified atom stereocenters. The summed E-state index contributed by atoms with van der Waals surface area (Å²) in [7, 11) is 2.98. The standard InChI is InChI=1S/C20H22BrN5O3S/c1-20(2,3)18-23-15-14(17(28)26(5)19(29)25(15)4)16(24-18)30-10-13(27)22-12-8-6-11(21)7-9-12/h6-9H,10H2,1-5H3,(H,22,27). The second kappa shape index (κ2) is 8.35. The molecule has 10 heteroatoms. The van der Waals surface area contributed by atoms with E-state index in [1.165, 1.54) is 11.6 Å². The van der Waals surface area contributed by atoms with Gasteiger partial charge in [-0.1, -0.05) is 48.5 Å². The molecule has 3 rings (SSSR count). The molecule has 0 bridgehead atoms. The van der Waals surface area contributed by atoms with Crippen LogP contribution < -0.4 is 16.6 Å². The average molecular weight is 492 g/mol. The van der Waals surface area contributed by atoms with E-state index in [0.29, 0.717) is 16.5 Å². The van der Waals surface area contributed by atoms with Gasteiger partial charge in [0.05, 0.1) is 5.75 Å². The van der Waals surface area contributed by atoms with Gasteiger partial charge in [0.25, 0.3) is 5.56 Å². The minimum absolute atomic E-state index is 0.0533. The first-order chi connectivity index (χ1) is 14.0. The Bertz CT molecular complexity index is 1240. The van der Waals surface area contributed by atoms with Gasteiger partial charge in [-0.05, 0) is 24.3 Å². The number of aryl methyl sites for hydroxylation is 1. The molecule has 1 aromatic carbocycles. The van der Waals surface area contributed by atoms with Crippen molar-refractivity contribution in [3.05, 3.63) is 55.4 Å². The highest BCUT2D eigenvalue weighted by atomic mass is 79.9. The van der Waals surface area contributed by atoms with Crippen LogP contribution in [0.4, 0.5) is 5.69 Å². The molecular formula is C20H22BrN5O3S. The van der Waals surface area contributed by atoms with E-state index in [4.69, 9.17) is 0 Å². The number of aromatic nitrogens is 4. The molecule has 30 heavy (non-hydrogen) atoms. The number of fused-ring (bicyclic) bond motifs is 1. The summed E-state index contributed by atoms with van der Waals surface area (Å²) in [5, 5.41) is 3.43. The number of carbonyl (C=O) groups excluding carboxylic acids is 1. The first-order valence-corrected chi connectivity index (χ1v) is 10.9. The van der Waals surface area contributed by atoms with E-state index < -0.39 is 16.7 Å². The highest BCUT2D eigenvalue weighted by molar-refractivity contribution is 9.10. The zero-order chi connectivity index (χ0) is 22.2. The fraction of sp³-hybridized carbons (Fsp3) is 0.350. The van der Waals surface area contributed by atoms with Crippen molar-refractivity contribution in [1.29, 1.82) is 0 Å². The Labute approximate surface area is 185 Å². The summed E-state index contributed by atoms with van der Waals surface area (Å²) in [5.41, 5.74) is -0.413. The summed E-state index contributed by atoms with van der Waals surface area (Å²) in [6, 6.07) is 7.24. The van der Waals surface area contributed by atoms with E-state index in [1.54, 1.807) is 19.2 Å². The molecule has 2 aromatic heterocycles. The molecular weight excluding hydrogens is 470 g/mol. The van der Waals surface area contributed by atoms with Crippen LogP contribution in [-0.2, 0) is 24.3 Å². The molecule has 0 radical (unpaired) electrons. The molecule has 1 amide bonds. The number of rotatable bonds is 4. The van der Waals surface area contributed by atoms with E-state index >= 15 is 0 Å². The minimum Gasteiger partial charge on any atom is -0.325 e. The van der Waals surface area contributed by atoms with Gasteiger partial charge in [-0.2, -0.15) is 0 Å². The van der Waals surface area contributed by atoms with Crippen LogP contribution in [0.2, 0.25) is 0 Å². The normalized spacial score (nSPS) is 11.7. The van der Waals surface area contributed by atoms with Gasteiger partial charge in [-0.15, -0.1) is 0 Å². The van der Waals surface area contributed by atoms with Gasteiger partial charge < -0.3 is 5.32 Å². The molecule has 0 spiro atoms.